The Morgan fingerprint density at radius 3 is 2.35 bits per heavy atom. The molecule has 1 atom stereocenters. The third kappa shape index (κ3) is 3.52. The number of aliphatic carboxylic acids is 1. The number of nitrogens with one attached hydrogen (secondary N) is 1. The molecule has 1 aromatic carbocycles. The van der Waals surface area contributed by atoms with Gasteiger partial charge < -0.3 is 5.11 Å². The van der Waals surface area contributed by atoms with Crippen LogP contribution in [0.3, 0.4) is 0 Å². The number of para-hydroxylation sites is 1. The molecule has 0 unspecified atom stereocenters. The molecule has 0 fully saturated rings. The standard InChI is InChI=1S/C11H14N2O6S/c1-7(2)10(11(14)15)12-20(18,19)9-6-4-3-5-8(9)13(16)17/h3-7,10,12H,1-2H3,(H,14,15)/t10-/m0/s1. The Hall–Kier alpha value is -2.00. The molecule has 0 heterocycles. The molecule has 1 rings (SSSR count). The van der Waals surface area contributed by atoms with Crippen molar-refractivity contribution in [1.82, 2.24) is 4.72 Å². The smallest absolute Gasteiger partial charge is 0.322 e. The third-order valence-electron chi connectivity index (χ3n) is 2.57. The van der Waals surface area contributed by atoms with Crippen LogP contribution in [0.25, 0.3) is 0 Å². The number of benzene rings is 1. The molecule has 2 N–H and O–H groups in total. The van der Waals surface area contributed by atoms with Crippen molar-refractivity contribution >= 4 is 21.7 Å². The lowest BCUT2D eigenvalue weighted by Crippen LogP contribution is -2.44. The molecule has 1 aromatic rings. The van der Waals surface area contributed by atoms with Gasteiger partial charge in [0, 0.05) is 6.07 Å². The third-order valence-corrected chi connectivity index (χ3v) is 4.05. The van der Waals surface area contributed by atoms with Crippen molar-refractivity contribution in [1.29, 1.82) is 0 Å². The monoisotopic (exact) mass is 302 g/mol. The molecule has 0 aliphatic carbocycles. The summed E-state index contributed by atoms with van der Waals surface area (Å²) in [6, 6.07) is 3.39. The normalized spacial score (nSPS) is 13.2. The first-order valence-corrected chi connectivity index (χ1v) is 7.13. The van der Waals surface area contributed by atoms with Crippen LogP contribution in [0.5, 0.6) is 0 Å². The molecule has 110 valence electrons. The Morgan fingerprint density at radius 1 is 1.35 bits per heavy atom. The highest BCUT2D eigenvalue weighted by Gasteiger charge is 2.31. The van der Waals surface area contributed by atoms with Gasteiger partial charge in [-0.3, -0.25) is 14.9 Å². The first kappa shape index (κ1) is 16.1. The average Bonchev–Trinajstić information content (AvgIpc) is 2.35. The Bertz CT molecular complexity index is 626. The number of carboxylic acid groups (broad SMARTS) is 1. The van der Waals surface area contributed by atoms with Crippen LogP contribution in [0.15, 0.2) is 29.2 Å². The fourth-order valence-electron chi connectivity index (χ4n) is 1.54. The molecular weight excluding hydrogens is 288 g/mol. The average molecular weight is 302 g/mol. The topological polar surface area (TPSA) is 127 Å². The van der Waals surface area contributed by atoms with Gasteiger partial charge in [-0.15, -0.1) is 0 Å². The molecule has 20 heavy (non-hydrogen) atoms. The first-order chi connectivity index (χ1) is 9.16. The van der Waals surface area contributed by atoms with Gasteiger partial charge in [-0.1, -0.05) is 26.0 Å². The summed E-state index contributed by atoms with van der Waals surface area (Å²) in [6.07, 6.45) is 0. The van der Waals surface area contributed by atoms with Crippen LogP contribution in [0.2, 0.25) is 0 Å². The molecule has 0 spiro atoms. The summed E-state index contributed by atoms with van der Waals surface area (Å²) in [7, 11) is -4.30. The molecule has 0 radical (unpaired) electrons. The molecule has 0 aliphatic rings. The van der Waals surface area contributed by atoms with E-state index in [-0.39, 0.29) is 0 Å². The van der Waals surface area contributed by atoms with Gasteiger partial charge in [-0.2, -0.15) is 4.72 Å². The minimum Gasteiger partial charge on any atom is -0.480 e. The summed E-state index contributed by atoms with van der Waals surface area (Å²) < 4.78 is 26.2. The number of carboxylic acids is 1. The van der Waals surface area contributed by atoms with Crippen molar-refractivity contribution in [2.45, 2.75) is 24.8 Å². The van der Waals surface area contributed by atoms with E-state index in [0.717, 1.165) is 12.1 Å². The highest BCUT2D eigenvalue weighted by Crippen LogP contribution is 2.23. The minimum atomic E-state index is -4.30. The Morgan fingerprint density at radius 2 is 1.90 bits per heavy atom. The van der Waals surface area contributed by atoms with Crippen LogP contribution in [0.4, 0.5) is 5.69 Å². The first-order valence-electron chi connectivity index (χ1n) is 5.65. The Kier molecular flexibility index (Phi) is 4.79. The number of nitrogens with zero attached hydrogens (tertiary/aromatic N) is 1. The van der Waals surface area contributed by atoms with Gasteiger partial charge in [0.05, 0.1) is 4.92 Å². The van der Waals surface area contributed by atoms with Gasteiger partial charge in [-0.05, 0) is 12.0 Å². The summed E-state index contributed by atoms with van der Waals surface area (Å²) in [5.74, 6) is -1.85. The van der Waals surface area contributed by atoms with Crippen LogP contribution in [-0.4, -0.2) is 30.5 Å². The second kappa shape index (κ2) is 5.97. The Balaban J connectivity index is 3.24. The molecule has 0 aliphatic heterocycles. The van der Waals surface area contributed by atoms with Gasteiger partial charge in [0.25, 0.3) is 5.69 Å². The lowest BCUT2D eigenvalue weighted by molar-refractivity contribution is -0.387. The zero-order valence-corrected chi connectivity index (χ0v) is 11.6. The van der Waals surface area contributed by atoms with Crippen molar-refractivity contribution in [2.24, 2.45) is 5.92 Å². The molecular formula is C11H14N2O6S. The number of hydrogen-bond donors (Lipinski definition) is 2. The zero-order chi connectivity index (χ0) is 15.5. The van der Waals surface area contributed by atoms with Crippen LogP contribution in [0, 0.1) is 16.0 Å². The number of nitro groups is 1. The van der Waals surface area contributed by atoms with E-state index in [0.29, 0.717) is 0 Å². The highest BCUT2D eigenvalue weighted by molar-refractivity contribution is 7.89. The van der Waals surface area contributed by atoms with Crippen molar-refractivity contribution in [3.63, 3.8) is 0 Å². The van der Waals surface area contributed by atoms with Crippen LogP contribution in [0.1, 0.15) is 13.8 Å². The number of nitro benzene ring substituents is 1. The lowest BCUT2D eigenvalue weighted by Gasteiger charge is -2.17. The summed E-state index contributed by atoms with van der Waals surface area (Å²) in [6.45, 7) is 3.06. The fraction of sp³-hybridized carbons (Fsp3) is 0.364. The fourth-order valence-corrected chi connectivity index (χ4v) is 3.05. The van der Waals surface area contributed by atoms with Crippen molar-refractivity contribution < 1.29 is 23.2 Å². The maximum Gasteiger partial charge on any atom is 0.322 e. The van der Waals surface area contributed by atoms with Gasteiger partial charge in [-0.25, -0.2) is 8.42 Å². The van der Waals surface area contributed by atoms with Crippen molar-refractivity contribution in [3.05, 3.63) is 34.4 Å². The second-order valence-corrected chi connectivity index (χ2v) is 6.09. The van der Waals surface area contributed by atoms with E-state index < -0.39 is 43.5 Å². The molecule has 0 amide bonds. The van der Waals surface area contributed by atoms with Gasteiger partial charge in [0.2, 0.25) is 10.0 Å². The van der Waals surface area contributed by atoms with Crippen molar-refractivity contribution in [3.8, 4) is 0 Å². The number of carbonyl (C=O) groups is 1. The molecule has 0 aromatic heterocycles. The SMILES string of the molecule is CC(C)[C@H](NS(=O)(=O)c1ccccc1[N+](=O)[O-])C(=O)O. The summed E-state index contributed by atoms with van der Waals surface area (Å²) in [4.78, 5) is 20.4. The van der Waals surface area contributed by atoms with E-state index in [1.54, 1.807) is 0 Å². The van der Waals surface area contributed by atoms with Gasteiger partial charge in [0.1, 0.15) is 6.04 Å². The van der Waals surface area contributed by atoms with Crippen LogP contribution < -0.4 is 4.72 Å². The molecule has 0 bridgehead atoms. The second-order valence-electron chi connectivity index (χ2n) is 4.41. The van der Waals surface area contributed by atoms with Gasteiger partial charge >= 0.3 is 5.97 Å². The van der Waals surface area contributed by atoms with E-state index in [1.165, 1.54) is 26.0 Å². The lowest BCUT2D eigenvalue weighted by atomic mass is 10.1. The van der Waals surface area contributed by atoms with E-state index in [1.807, 2.05) is 4.72 Å². The molecule has 0 saturated carbocycles. The zero-order valence-electron chi connectivity index (χ0n) is 10.8. The molecule has 8 nitrogen and oxygen atoms in total. The highest BCUT2D eigenvalue weighted by atomic mass is 32.2. The maximum atomic E-state index is 12.1. The van der Waals surface area contributed by atoms with Crippen LogP contribution >= 0.6 is 0 Å². The summed E-state index contributed by atoms with van der Waals surface area (Å²) >= 11 is 0. The largest absolute Gasteiger partial charge is 0.480 e. The number of hydrogen-bond acceptors (Lipinski definition) is 5. The van der Waals surface area contributed by atoms with Gasteiger partial charge in [0.15, 0.2) is 4.90 Å². The predicted octanol–water partition coefficient (Wildman–Crippen LogP) is 0.982. The molecule has 0 saturated heterocycles. The van der Waals surface area contributed by atoms with E-state index >= 15 is 0 Å². The van der Waals surface area contributed by atoms with E-state index in [4.69, 9.17) is 5.11 Å². The molecule has 9 heteroatoms. The minimum absolute atomic E-state index is 0.509. The maximum absolute atomic E-state index is 12.1. The predicted molar refractivity (Wildman–Crippen MR) is 69.7 cm³/mol. The van der Waals surface area contributed by atoms with E-state index in [9.17, 15) is 23.3 Å². The quantitative estimate of drug-likeness (QED) is 0.595. The number of sulfonamides is 1. The number of rotatable bonds is 6. The summed E-state index contributed by atoms with van der Waals surface area (Å²) in [5, 5.41) is 19.8. The van der Waals surface area contributed by atoms with Crippen molar-refractivity contribution in [2.75, 3.05) is 0 Å². The van der Waals surface area contributed by atoms with Crippen LogP contribution in [-0.2, 0) is 14.8 Å². The summed E-state index contributed by atoms with van der Waals surface area (Å²) in [5.41, 5.74) is -0.604. The Labute approximate surface area is 115 Å². The van der Waals surface area contributed by atoms with E-state index in [2.05, 4.69) is 0 Å².